The lowest BCUT2D eigenvalue weighted by Gasteiger charge is -2.42. The third kappa shape index (κ3) is 2.68. The molecule has 3 atom stereocenters. The predicted octanol–water partition coefficient (Wildman–Crippen LogP) is 1.88. The molecule has 0 saturated heterocycles. The largest absolute Gasteiger partial charge is 0.330 e. The van der Waals surface area contributed by atoms with E-state index in [1.54, 1.807) is 0 Å². The Morgan fingerprint density at radius 1 is 1.46 bits per heavy atom. The van der Waals surface area contributed by atoms with Gasteiger partial charge >= 0.3 is 0 Å². The molecule has 0 aliphatic heterocycles. The normalized spacial score (nSPS) is 37.4. The maximum Gasteiger partial charge on any atom is 0.0156 e. The van der Waals surface area contributed by atoms with Crippen molar-refractivity contribution in [1.82, 2.24) is 0 Å². The summed E-state index contributed by atoms with van der Waals surface area (Å²) >= 11 is 0. The maximum absolute atomic E-state index is 6.31. The van der Waals surface area contributed by atoms with Crippen LogP contribution in [0, 0.1) is 11.8 Å². The Hall–Kier alpha value is -0.0800. The van der Waals surface area contributed by atoms with E-state index in [-0.39, 0.29) is 5.54 Å². The molecule has 0 radical (unpaired) electrons. The molecule has 0 spiro atoms. The Morgan fingerprint density at radius 2 is 2.15 bits per heavy atom. The Balaban J connectivity index is 2.54. The van der Waals surface area contributed by atoms with Gasteiger partial charge in [-0.1, -0.05) is 19.8 Å². The molecule has 0 aromatic rings. The Morgan fingerprint density at radius 3 is 2.69 bits per heavy atom. The van der Waals surface area contributed by atoms with Crippen molar-refractivity contribution in [1.29, 1.82) is 0 Å². The molecular formula is C11H24N2. The van der Waals surface area contributed by atoms with Crippen LogP contribution in [0.3, 0.4) is 0 Å². The van der Waals surface area contributed by atoms with Crippen molar-refractivity contribution < 1.29 is 0 Å². The molecule has 0 heterocycles. The fourth-order valence-electron chi connectivity index (χ4n) is 2.78. The van der Waals surface area contributed by atoms with Gasteiger partial charge in [0, 0.05) is 5.54 Å². The molecule has 3 unspecified atom stereocenters. The van der Waals surface area contributed by atoms with E-state index < -0.39 is 0 Å². The molecule has 1 fully saturated rings. The number of rotatable bonds is 3. The molecular weight excluding hydrogens is 160 g/mol. The number of hydrogen-bond donors (Lipinski definition) is 2. The van der Waals surface area contributed by atoms with Crippen LogP contribution in [0.4, 0.5) is 0 Å². The van der Waals surface area contributed by atoms with Crippen molar-refractivity contribution in [3.63, 3.8) is 0 Å². The minimum absolute atomic E-state index is 0.0623. The topological polar surface area (TPSA) is 52.0 Å². The molecule has 1 aliphatic rings. The third-order valence-electron chi connectivity index (χ3n) is 3.64. The standard InChI is InChI=1S/C11H24N2/c1-9(6-8-12)10-5-3-4-7-11(10,2)13/h9-10H,3-8,12-13H2,1-2H3. The van der Waals surface area contributed by atoms with Gasteiger partial charge in [-0.3, -0.25) is 0 Å². The zero-order valence-electron chi connectivity index (χ0n) is 9.05. The molecule has 13 heavy (non-hydrogen) atoms. The molecule has 78 valence electrons. The molecule has 2 nitrogen and oxygen atoms in total. The average Bonchev–Trinajstić information content (AvgIpc) is 2.03. The number of nitrogens with two attached hydrogens (primary N) is 2. The van der Waals surface area contributed by atoms with Gasteiger partial charge in [0.05, 0.1) is 0 Å². The lowest BCUT2D eigenvalue weighted by molar-refractivity contribution is 0.144. The lowest BCUT2D eigenvalue weighted by atomic mass is 9.68. The summed E-state index contributed by atoms with van der Waals surface area (Å²) in [7, 11) is 0. The smallest absolute Gasteiger partial charge is 0.0156 e. The van der Waals surface area contributed by atoms with Crippen molar-refractivity contribution in [3.05, 3.63) is 0 Å². The van der Waals surface area contributed by atoms with Crippen molar-refractivity contribution in [3.8, 4) is 0 Å². The highest BCUT2D eigenvalue weighted by molar-refractivity contribution is 4.92. The van der Waals surface area contributed by atoms with Gasteiger partial charge in [-0.2, -0.15) is 0 Å². The van der Waals surface area contributed by atoms with Crippen LogP contribution in [-0.2, 0) is 0 Å². The van der Waals surface area contributed by atoms with Crippen LogP contribution >= 0.6 is 0 Å². The van der Waals surface area contributed by atoms with Crippen molar-refractivity contribution in [2.75, 3.05) is 6.54 Å². The minimum Gasteiger partial charge on any atom is -0.330 e. The van der Waals surface area contributed by atoms with Crippen molar-refractivity contribution in [2.24, 2.45) is 23.3 Å². The van der Waals surface area contributed by atoms with Crippen LogP contribution in [0.25, 0.3) is 0 Å². The van der Waals surface area contributed by atoms with E-state index in [4.69, 9.17) is 11.5 Å². The average molecular weight is 184 g/mol. The third-order valence-corrected chi connectivity index (χ3v) is 3.64. The van der Waals surface area contributed by atoms with Gasteiger partial charge in [0.15, 0.2) is 0 Å². The van der Waals surface area contributed by atoms with E-state index in [2.05, 4.69) is 13.8 Å². The van der Waals surface area contributed by atoms with E-state index in [0.717, 1.165) is 13.0 Å². The summed E-state index contributed by atoms with van der Waals surface area (Å²) < 4.78 is 0. The van der Waals surface area contributed by atoms with Crippen LogP contribution in [0.2, 0.25) is 0 Å². The molecule has 0 amide bonds. The molecule has 2 heteroatoms. The predicted molar refractivity (Wildman–Crippen MR) is 57.4 cm³/mol. The van der Waals surface area contributed by atoms with Crippen molar-refractivity contribution in [2.45, 2.75) is 51.5 Å². The highest BCUT2D eigenvalue weighted by atomic mass is 14.8. The fourth-order valence-corrected chi connectivity index (χ4v) is 2.78. The summed E-state index contributed by atoms with van der Waals surface area (Å²) in [5.41, 5.74) is 12.0. The van der Waals surface area contributed by atoms with Gasteiger partial charge in [0.1, 0.15) is 0 Å². The molecule has 0 bridgehead atoms. The summed E-state index contributed by atoms with van der Waals surface area (Å²) in [6, 6.07) is 0. The van der Waals surface area contributed by atoms with E-state index >= 15 is 0 Å². The monoisotopic (exact) mass is 184 g/mol. The summed E-state index contributed by atoms with van der Waals surface area (Å²) in [4.78, 5) is 0. The van der Waals surface area contributed by atoms with E-state index in [1.165, 1.54) is 25.7 Å². The minimum atomic E-state index is 0.0623. The second kappa shape index (κ2) is 4.43. The zero-order valence-corrected chi connectivity index (χ0v) is 9.05. The first-order chi connectivity index (χ1) is 6.08. The SMILES string of the molecule is CC(CCN)C1CCCCC1(C)N. The second-order valence-electron chi connectivity index (χ2n) is 4.91. The molecule has 1 rings (SSSR count). The van der Waals surface area contributed by atoms with Gasteiger partial charge in [-0.25, -0.2) is 0 Å². The highest BCUT2D eigenvalue weighted by Gasteiger charge is 2.35. The number of hydrogen-bond acceptors (Lipinski definition) is 2. The van der Waals surface area contributed by atoms with Crippen LogP contribution in [0.5, 0.6) is 0 Å². The molecule has 0 aromatic heterocycles. The quantitative estimate of drug-likeness (QED) is 0.703. The van der Waals surface area contributed by atoms with Crippen LogP contribution in [0.15, 0.2) is 0 Å². The Kier molecular flexibility index (Phi) is 3.74. The van der Waals surface area contributed by atoms with Crippen LogP contribution < -0.4 is 11.5 Å². The molecule has 1 aliphatic carbocycles. The summed E-state index contributed by atoms with van der Waals surface area (Å²) in [6.07, 6.45) is 6.27. The first kappa shape index (κ1) is 11.0. The van der Waals surface area contributed by atoms with Crippen molar-refractivity contribution >= 4 is 0 Å². The Labute approximate surface area is 82.1 Å². The van der Waals surface area contributed by atoms with Crippen LogP contribution in [0.1, 0.15) is 46.0 Å². The first-order valence-corrected chi connectivity index (χ1v) is 5.57. The Bertz CT molecular complexity index is 154. The van der Waals surface area contributed by atoms with Gasteiger partial charge in [-0.05, 0) is 44.6 Å². The van der Waals surface area contributed by atoms with E-state index in [0.29, 0.717) is 11.8 Å². The fraction of sp³-hybridized carbons (Fsp3) is 1.00. The maximum atomic E-state index is 6.31. The summed E-state index contributed by atoms with van der Waals surface area (Å²) in [6.45, 7) is 5.31. The second-order valence-corrected chi connectivity index (χ2v) is 4.91. The van der Waals surface area contributed by atoms with Gasteiger partial charge < -0.3 is 11.5 Å². The van der Waals surface area contributed by atoms with E-state index in [1.807, 2.05) is 0 Å². The molecule has 0 aromatic carbocycles. The van der Waals surface area contributed by atoms with Gasteiger partial charge in [-0.15, -0.1) is 0 Å². The highest BCUT2D eigenvalue weighted by Crippen LogP contribution is 2.37. The van der Waals surface area contributed by atoms with Gasteiger partial charge in [0.25, 0.3) is 0 Å². The molecule has 1 saturated carbocycles. The zero-order chi connectivity index (χ0) is 9.90. The van der Waals surface area contributed by atoms with E-state index in [9.17, 15) is 0 Å². The lowest BCUT2D eigenvalue weighted by Crippen LogP contribution is -2.49. The molecule has 4 N–H and O–H groups in total. The summed E-state index contributed by atoms with van der Waals surface area (Å²) in [5, 5.41) is 0. The van der Waals surface area contributed by atoms with Crippen LogP contribution in [-0.4, -0.2) is 12.1 Å². The van der Waals surface area contributed by atoms with Gasteiger partial charge in [0.2, 0.25) is 0 Å². The first-order valence-electron chi connectivity index (χ1n) is 5.57. The summed E-state index contributed by atoms with van der Waals surface area (Å²) in [5.74, 6) is 1.38.